The van der Waals surface area contributed by atoms with Gasteiger partial charge in [-0.3, -0.25) is 9.69 Å². The zero-order valence-corrected chi connectivity index (χ0v) is 17.6. The van der Waals surface area contributed by atoms with E-state index in [1.807, 2.05) is 60.9 Å². The Morgan fingerprint density at radius 2 is 2.04 bits per heavy atom. The summed E-state index contributed by atoms with van der Waals surface area (Å²) in [6.45, 7) is 0.330. The van der Waals surface area contributed by atoms with Crippen LogP contribution in [-0.2, 0) is 6.54 Å². The van der Waals surface area contributed by atoms with Crippen molar-refractivity contribution in [1.82, 2.24) is 4.98 Å². The molecule has 0 aliphatic heterocycles. The fraction of sp³-hybridized carbons (Fsp3) is 0.100. The normalized spacial score (nSPS) is 11.0. The number of amides is 1. The molecule has 4 rings (SSSR count). The molecule has 0 fully saturated rings. The highest BCUT2D eigenvalue weighted by Gasteiger charge is 2.22. The molecule has 4 aromatic rings. The quantitative estimate of drug-likeness (QED) is 0.333. The molecule has 27 heavy (non-hydrogen) atoms. The van der Waals surface area contributed by atoms with Crippen LogP contribution >= 0.6 is 39.0 Å². The lowest BCUT2D eigenvalue weighted by atomic mass is 10.2. The number of thiazole rings is 1. The van der Waals surface area contributed by atoms with Gasteiger partial charge in [0.05, 0.1) is 23.0 Å². The number of carbonyl (C=O) groups excluding carboxylic acids is 1. The molecule has 7 heteroatoms. The van der Waals surface area contributed by atoms with Gasteiger partial charge in [-0.25, -0.2) is 4.98 Å². The predicted molar refractivity (Wildman–Crippen MR) is 115 cm³/mol. The Labute approximate surface area is 173 Å². The summed E-state index contributed by atoms with van der Waals surface area (Å²) in [5.41, 5.74) is 1.49. The van der Waals surface area contributed by atoms with Gasteiger partial charge in [0.25, 0.3) is 5.91 Å². The maximum Gasteiger partial charge on any atom is 0.260 e. The standard InChI is InChI=1S/C20H15BrN2O2S2/c1-26-16-7-4-13(5-8-16)19(24)23(12-15-3-2-10-25-15)20-22-17-9-6-14(21)11-18(17)27-20/h2-11H,12H2,1H3. The lowest BCUT2D eigenvalue weighted by Gasteiger charge is -2.19. The topological polar surface area (TPSA) is 46.3 Å². The molecule has 0 unspecified atom stereocenters. The highest BCUT2D eigenvalue weighted by molar-refractivity contribution is 9.10. The molecule has 0 saturated carbocycles. The molecule has 4 nitrogen and oxygen atoms in total. The van der Waals surface area contributed by atoms with Crippen LogP contribution in [0.25, 0.3) is 10.2 Å². The van der Waals surface area contributed by atoms with E-state index in [0.29, 0.717) is 23.0 Å². The van der Waals surface area contributed by atoms with Crippen molar-refractivity contribution in [2.45, 2.75) is 11.4 Å². The number of rotatable bonds is 5. The number of hydrogen-bond acceptors (Lipinski definition) is 5. The first-order valence-electron chi connectivity index (χ1n) is 8.18. The second-order valence-electron chi connectivity index (χ2n) is 5.81. The lowest BCUT2D eigenvalue weighted by Crippen LogP contribution is -2.30. The van der Waals surface area contributed by atoms with Gasteiger partial charge in [-0.05, 0) is 60.9 Å². The number of halogens is 1. The monoisotopic (exact) mass is 458 g/mol. The summed E-state index contributed by atoms with van der Waals surface area (Å²) in [5.74, 6) is 0.613. The van der Waals surface area contributed by atoms with Gasteiger partial charge < -0.3 is 4.42 Å². The molecule has 0 saturated heterocycles. The minimum atomic E-state index is -0.0998. The lowest BCUT2D eigenvalue weighted by molar-refractivity contribution is 0.0983. The van der Waals surface area contributed by atoms with Crippen molar-refractivity contribution in [1.29, 1.82) is 0 Å². The number of hydrogen-bond donors (Lipinski definition) is 0. The Kier molecular flexibility index (Phi) is 5.33. The number of anilines is 1. The Hall–Kier alpha value is -2.09. The maximum absolute atomic E-state index is 13.2. The fourth-order valence-corrected chi connectivity index (χ4v) is 4.60. The van der Waals surface area contributed by atoms with E-state index in [-0.39, 0.29) is 5.91 Å². The van der Waals surface area contributed by atoms with Crippen LogP contribution in [-0.4, -0.2) is 17.1 Å². The van der Waals surface area contributed by atoms with Gasteiger partial charge in [-0.2, -0.15) is 0 Å². The minimum Gasteiger partial charge on any atom is -0.467 e. The van der Waals surface area contributed by atoms with Crippen molar-refractivity contribution in [3.63, 3.8) is 0 Å². The number of carbonyl (C=O) groups is 1. The summed E-state index contributed by atoms with van der Waals surface area (Å²) >= 11 is 6.63. The zero-order valence-electron chi connectivity index (χ0n) is 14.4. The van der Waals surface area contributed by atoms with E-state index < -0.39 is 0 Å². The second-order valence-corrected chi connectivity index (χ2v) is 8.61. The molecule has 0 spiro atoms. The number of nitrogens with zero attached hydrogens (tertiary/aromatic N) is 2. The molecule has 2 aromatic heterocycles. The highest BCUT2D eigenvalue weighted by atomic mass is 79.9. The molecule has 1 amide bonds. The Bertz CT molecular complexity index is 1080. The van der Waals surface area contributed by atoms with Crippen molar-refractivity contribution in [2.24, 2.45) is 0 Å². The first-order valence-corrected chi connectivity index (χ1v) is 11.0. The zero-order chi connectivity index (χ0) is 18.8. The number of fused-ring (bicyclic) bond motifs is 1. The maximum atomic E-state index is 13.2. The van der Waals surface area contributed by atoms with Gasteiger partial charge in [0.15, 0.2) is 5.13 Å². The van der Waals surface area contributed by atoms with Crippen LogP contribution < -0.4 is 4.90 Å². The number of thioether (sulfide) groups is 1. The average molecular weight is 459 g/mol. The minimum absolute atomic E-state index is 0.0998. The van der Waals surface area contributed by atoms with Crippen LogP contribution in [0.2, 0.25) is 0 Å². The van der Waals surface area contributed by atoms with Gasteiger partial charge in [-0.15, -0.1) is 11.8 Å². The van der Waals surface area contributed by atoms with E-state index in [4.69, 9.17) is 4.42 Å². The van der Waals surface area contributed by atoms with Crippen LogP contribution in [0, 0.1) is 0 Å². The first kappa shape index (κ1) is 18.3. The smallest absolute Gasteiger partial charge is 0.260 e. The number of benzene rings is 2. The van der Waals surface area contributed by atoms with Crippen LogP contribution in [0.1, 0.15) is 16.1 Å². The third kappa shape index (κ3) is 3.95. The SMILES string of the molecule is CSc1ccc(C(=O)N(Cc2ccco2)c2nc3ccc(Br)cc3s2)cc1. The van der Waals surface area contributed by atoms with Gasteiger partial charge in [0.1, 0.15) is 5.76 Å². The van der Waals surface area contributed by atoms with Crippen LogP contribution in [0.3, 0.4) is 0 Å². The average Bonchev–Trinajstić information content (AvgIpc) is 3.34. The predicted octanol–water partition coefficient (Wildman–Crippen LogP) is 6.22. The molecular weight excluding hydrogens is 444 g/mol. The molecule has 0 atom stereocenters. The van der Waals surface area contributed by atoms with Crippen molar-refractivity contribution in [3.8, 4) is 0 Å². The summed E-state index contributed by atoms with van der Waals surface area (Å²) in [4.78, 5) is 20.7. The van der Waals surface area contributed by atoms with E-state index in [1.54, 1.807) is 22.9 Å². The van der Waals surface area contributed by atoms with Crippen molar-refractivity contribution in [3.05, 3.63) is 76.7 Å². The van der Waals surface area contributed by atoms with Gasteiger partial charge in [-0.1, -0.05) is 27.3 Å². The molecular formula is C20H15BrN2O2S2. The van der Waals surface area contributed by atoms with Crippen molar-refractivity contribution >= 4 is 60.3 Å². The molecule has 2 heterocycles. The Balaban J connectivity index is 1.73. The summed E-state index contributed by atoms with van der Waals surface area (Å²) < 4.78 is 7.48. The molecule has 136 valence electrons. The van der Waals surface area contributed by atoms with E-state index in [2.05, 4.69) is 20.9 Å². The van der Waals surface area contributed by atoms with Gasteiger partial charge >= 0.3 is 0 Å². The molecule has 0 radical (unpaired) electrons. The summed E-state index contributed by atoms with van der Waals surface area (Å²) in [6, 6.07) is 17.2. The van der Waals surface area contributed by atoms with Gasteiger partial charge in [0, 0.05) is 14.9 Å². The summed E-state index contributed by atoms with van der Waals surface area (Å²) in [6.07, 6.45) is 3.63. The fourth-order valence-electron chi connectivity index (χ4n) is 2.68. The van der Waals surface area contributed by atoms with Crippen LogP contribution in [0.4, 0.5) is 5.13 Å². The van der Waals surface area contributed by atoms with Crippen LogP contribution in [0.5, 0.6) is 0 Å². The molecule has 0 bridgehead atoms. The van der Waals surface area contributed by atoms with Crippen molar-refractivity contribution < 1.29 is 9.21 Å². The molecule has 0 N–H and O–H groups in total. The Morgan fingerprint density at radius 1 is 1.22 bits per heavy atom. The second kappa shape index (κ2) is 7.88. The summed E-state index contributed by atoms with van der Waals surface area (Å²) in [7, 11) is 0. The molecule has 0 aliphatic rings. The number of furan rings is 1. The van der Waals surface area contributed by atoms with Crippen LogP contribution in [0.15, 0.2) is 74.6 Å². The van der Waals surface area contributed by atoms with Crippen molar-refractivity contribution in [2.75, 3.05) is 11.2 Å². The van der Waals surface area contributed by atoms with E-state index in [0.717, 1.165) is 19.6 Å². The van der Waals surface area contributed by atoms with E-state index >= 15 is 0 Å². The highest BCUT2D eigenvalue weighted by Crippen LogP contribution is 2.32. The first-order chi connectivity index (χ1) is 13.1. The molecule has 0 aliphatic carbocycles. The van der Waals surface area contributed by atoms with E-state index in [9.17, 15) is 4.79 Å². The summed E-state index contributed by atoms with van der Waals surface area (Å²) in [5, 5.41) is 0.651. The van der Waals surface area contributed by atoms with Gasteiger partial charge in [0.2, 0.25) is 0 Å². The van der Waals surface area contributed by atoms with E-state index in [1.165, 1.54) is 11.3 Å². The molecule has 2 aromatic carbocycles. The number of aromatic nitrogens is 1. The third-order valence-electron chi connectivity index (χ3n) is 4.05. The largest absolute Gasteiger partial charge is 0.467 e. The third-order valence-corrected chi connectivity index (χ3v) is 6.32. The Morgan fingerprint density at radius 3 is 2.74 bits per heavy atom.